The molecule has 1 aromatic heterocycles. The van der Waals surface area contributed by atoms with Gasteiger partial charge in [-0.15, -0.1) is 0 Å². The second-order valence-corrected chi connectivity index (χ2v) is 6.15. The maximum absolute atomic E-state index is 12.0. The Bertz CT molecular complexity index is 662. The molecule has 0 saturated heterocycles. The zero-order chi connectivity index (χ0) is 13.9. The van der Waals surface area contributed by atoms with E-state index in [1.54, 1.807) is 6.07 Å². The van der Waals surface area contributed by atoms with E-state index in [4.69, 9.17) is 5.73 Å². The Morgan fingerprint density at radius 2 is 2.11 bits per heavy atom. The van der Waals surface area contributed by atoms with Crippen molar-refractivity contribution in [3.8, 4) is 0 Å². The van der Waals surface area contributed by atoms with Crippen LogP contribution >= 0.6 is 0 Å². The van der Waals surface area contributed by atoms with Gasteiger partial charge >= 0.3 is 0 Å². The molecule has 1 aromatic carbocycles. The number of hydrogen-bond donors (Lipinski definition) is 3. The number of nitrogens with one attached hydrogen (secondary N) is 2. The van der Waals surface area contributed by atoms with Crippen molar-refractivity contribution in [2.24, 2.45) is 5.73 Å². The number of hydrogen-bond acceptors (Lipinski definition) is 3. The van der Waals surface area contributed by atoms with Gasteiger partial charge in [-0.3, -0.25) is 0 Å². The summed E-state index contributed by atoms with van der Waals surface area (Å²) in [5, 5.41) is 0. The largest absolute Gasteiger partial charge is 0.363 e. The first kappa shape index (κ1) is 13.8. The monoisotopic (exact) mass is 279 g/mol. The molecule has 0 unspecified atom stereocenters. The van der Waals surface area contributed by atoms with Gasteiger partial charge in [0.1, 0.15) is 0 Å². The summed E-state index contributed by atoms with van der Waals surface area (Å²) < 4.78 is 26.7. The van der Waals surface area contributed by atoms with Gasteiger partial charge in [-0.1, -0.05) is 29.8 Å². The lowest BCUT2D eigenvalue weighted by atomic mass is 10.1. The van der Waals surface area contributed by atoms with Gasteiger partial charge in [-0.25, -0.2) is 13.1 Å². The van der Waals surface area contributed by atoms with E-state index in [1.165, 1.54) is 6.20 Å². The molecular weight excluding hydrogens is 262 g/mol. The fraction of sp³-hybridized carbons (Fsp3) is 0.231. The number of sulfonamides is 1. The van der Waals surface area contributed by atoms with E-state index < -0.39 is 10.0 Å². The summed E-state index contributed by atoms with van der Waals surface area (Å²) in [6.45, 7) is 2.53. The SMILES string of the molecule is Cc1cccc(CNS(=O)(=O)c2c[nH]c(CN)c2)c1. The Hall–Kier alpha value is -1.63. The highest BCUT2D eigenvalue weighted by molar-refractivity contribution is 7.89. The van der Waals surface area contributed by atoms with Gasteiger partial charge in [-0.2, -0.15) is 0 Å². The molecule has 0 atom stereocenters. The zero-order valence-corrected chi connectivity index (χ0v) is 11.5. The van der Waals surface area contributed by atoms with E-state index in [9.17, 15) is 8.42 Å². The number of aryl methyl sites for hydroxylation is 1. The van der Waals surface area contributed by atoms with Crippen molar-refractivity contribution in [1.82, 2.24) is 9.71 Å². The molecule has 0 fully saturated rings. The molecule has 102 valence electrons. The number of aromatic nitrogens is 1. The molecule has 6 heteroatoms. The van der Waals surface area contributed by atoms with Gasteiger partial charge in [0.15, 0.2) is 0 Å². The maximum Gasteiger partial charge on any atom is 0.242 e. The highest BCUT2D eigenvalue weighted by atomic mass is 32.2. The zero-order valence-electron chi connectivity index (χ0n) is 10.7. The van der Waals surface area contributed by atoms with Gasteiger partial charge in [0.25, 0.3) is 0 Å². The molecular formula is C13H17N3O2S. The molecule has 0 aliphatic carbocycles. The van der Waals surface area contributed by atoms with Crippen molar-refractivity contribution in [2.45, 2.75) is 24.9 Å². The second-order valence-electron chi connectivity index (χ2n) is 4.38. The van der Waals surface area contributed by atoms with Crippen LogP contribution in [0.5, 0.6) is 0 Å². The summed E-state index contributed by atoms with van der Waals surface area (Å²) in [5.74, 6) is 0. The number of rotatable bonds is 5. The molecule has 0 radical (unpaired) electrons. The Balaban J connectivity index is 2.09. The minimum Gasteiger partial charge on any atom is -0.363 e. The minimum atomic E-state index is -3.50. The fourth-order valence-corrected chi connectivity index (χ4v) is 2.81. The summed E-state index contributed by atoms with van der Waals surface area (Å²) in [4.78, 5) is 3.03. The van der Waals surface area contributed by atoms with E-state index in [1.807, 2.05) is 31.2 Å². The smallest absolute Gasteiger partial charge is 0.242 e. The summed E-state index contributed by atoms with van der Waals surface area (Å²) in [7, 11) is -3.50. The van der Waals surface area contributed by atoms with Crippen molar-refractivity contribution >= 4 is 10.0 Å². The minimum absolute atomic E-state index is 0.209. The third-order valence-electron chi connectivity index (χ3n) is 2.80. The normalized spacial score (nSPS) is 11.7. The van der Waals surface area contributed by atoms with Crippen molar-refractivity contribution in [3.05, 3.63) is 53.3 Å². The number of benzene rings is 1. The Morgan fingerprint density at radius 3 is 2.74 bits per heavy atom. The standard InChI is InChI=1S/C13H17N3O2S/c1-10-3-2-4-11(5-10)8-16-19(17,18)13-6-12(7-14)15-9-13/h2-6,9,15-16H,7-8,14H2,1H3. The lowest BCUT2D eigenvalue weighted by Gasteiger charge is -2.05. The molecule has 0 spiro atoms. The molecule has 5 nitrogen and oxygen atoms in total. The van der Waals surface area contributed by atoms with Crippen LogP contribution in [-0.2, 0) is 23.1 Å². The van der Waals surface area contributed by atoms with Gasteiger partial charge in [0, 0.05) is 25.0 Å². The second kappa shape index (κ2) is 5.56. The fourth-order valence-electron chi connectivity index (χ4n) is 1.78. The predicted molar refractivity (Wildman–Crippen MR) is 73.9 cm³/mol. The topological polar surface area (TPSA) is 88.0 Å². The van der Waals surface area contributed by atoms with Crippen LogP contribution in [-0.4, -0.2) is 13.4 Å². The number of H-pyrrole nitrogens is 1. The average molecular weight is 279 g/mol. The molecule has 2 aromatic rings. The first-order chi connectivity index (χ1) is 9.01. The third-order valence-corrected chi connectivity index (χ3v) is 4.18. The molecule has 4 N–H and O–H groups in total. The third kappa shape index (κ3) is 3.44. The Kier molecular flexibility index (Phi) is 4.04. The van der Waals surface area contributed by atoms with Gasteiger partial charge in [0.05, 0.1) is 4.90 Å². The maximum atomic E-state index is 12.0. The average Bonchev–Trinajstić information content (AvgIpc) is 2.86. The van der Waals surface area contributed by atoms with Gasteiger partial charge in [0.2, 0.25) is 10.0 Å². The molecule has 1 heterocycles. The van der Waals surface area contributed by atoms with Crippen LogP contribution in [0.1, 0.15) is 16.8 Å². The molecule has 19 heavy (non-hydrogen) atoms. The Labute approximate surface area is 112 Å². The lowest BCUT2D eigenvalue weighted by molar-refractivity contribution is 0.581. The first-order valence-corrected chi connectivity index (χ1v) is 7.42. The molecule has 0 aliphatic heterocycles. The molecule has 2 rings (SSSR count). The van der Waals surface area contributed by atoms with Gasteiger partial charge < -0.3 is 10.7 Å². The molecule has 0 amide bonds. The van der Waals surface area contributed by atoms with E-state index in [0.29, 0.717) is 5.69 Å². The summed E-state index contributed by atoms with van der Waals surface area (Å²) >= 11 is 0. The van der Waals surface area contributed by atoms with Crippen molar-refractivity contribution in [1.29, 1.82) is 0 Å². The predicted octanol–water partition coefficient (Wildman–Crippen LogP) is 1.26. The van der Waals surface area contributed by atoms with Crippen molar-refractivity contribution in [2.75, 3.05) is 0 Å². The molecule has 0 aliphatic rings. The van der Waals surface area contributed by atoms with E-state index >= 15 is 0 Å². The van der Waals surface area contributed by atoms with Crippen LogP contribution < -0.4 is 10.5 Å². The highest BCUT2D eigenvalue weighted by Crippen LogP contribution is 2.11. The lowest BCUT2D eigenvalue weighted by Crippen LogP contribution is -2.22. The summed E-state index contributed by atoms with van der Waals surface area (Å²) in [6.07, 6.45) is 1.45. The van der Waals surface area contributed by atoms with Crippen molar-refractivity contribution < 1.29 is 8.42 Å². The van der Waals surface area contributed by atoms with Crippen LogP contribution in [0.25, 0.3) is 0 Å². The molecule has 0 bridgehead atoms. The van der Waals surface area contributed by atoms with E-state index in [0.717, 1.165) is 11.1 Å². The van der Waals surface area contributed by atoms with E-state index in [2.05, 4.69) is 9.71 Å². The van der Waals surface area contributed by atoms with Crippen molar-refractivity contribution in [3.63, 3.8) is 0 Å². The quantitative estimate of drug-likeness (QED) is 0.770. The summed E-state index contributed by atoms with van der Waals surface area (Å²) in [5.41, 5.74) is 8.16. The highest BCUT2D eigenvalue weighted by Gasteiger charge is 2.15. The van der Waals surface area contributed by atoms with E-state index in [-0.39, 0.29) is 18.0 Å². The van der Waals surface area contributed by atoms with Crippen LogP contribution in [0, 0.1) is 6.92 Å². The number of nitrogens with two attached hydrogens (primary N) is 1. The first-order valence-electron chi connectivity index (χ1n) is 5.94. The van der Waals surface area contributed by atoms with Crippen LogP contribution in [0.2, 0.25) is 0 Å². The molecule has 0 saturated carbocycles. The Morgan fingerprint density at radius 1 is 1.32 bits per heavy atom. The summed E-state index contributed by atoms with van der Waals surface area (Å²) in [6, 6.07) is 9.25. The van der Waals surface area contributed by atoms with Crippen LogP contribution in [0.4, 0.5) is 0 Å². The number of aromatic amines is 1. The van der Waals surface area contributed by atoms with Gasteiger partial charge in [-0.05, 0) is 18.6 Å². The van der Waals surface area contributed by atoms with Crippen LogP contribution in [0.3, 0.4) is 0 Å². The van der Waals surface area contributed by atoms with Crippen LogP contribution in [0.15, 0.2) is 41.4 Å².